The molecule has 72 valence electrons. The summed E-state index contributed by atoms with van der Waals surface area (Å²) in [6, 6.07) is 8.06. The molecule has 1 rings (SSSR count). The fourth-order valence-electron chi connectivity index (χ4n) is 1.35. The van der Waals surface area contributed by atoms with E-state index in [0.29, 0.717) is 6.54 Å². The molecular weight excluding hydrogens is 164 g/mol. The maximum atomic E-state index is 5.62. The molecule has 3 N–H and O–H groups in total. The van der Waals surface area contributed by atoms with E-state index >= 15 is 0 Å². The van der Waals surface area contributed by atoms with Crippen LogP contribution in [-0.4, -0.2) is 20.7 Å². The van der Waals surface area contributed by atoms with Crippen molar-refractivity contribution in [1.82, 2.24) is 5.32 Å². The fourth-order valence-corrected chi connectivity index (χ4v) is 1.35. The second-order valence-corrected chi connectivity index (χ2v) is 2.82. The number of benzene rings is 1. The number of ether oxygens (including phenoxy) is 1. The Balaban J connectivity index is 2.96. The van der Waals surface area contributed by atoms with E-state index < -0.39 is 0 Å². The van der Waals surface area contributed by atoms with Crippen molar-refractivity contribution in [1.29, 1.82) is 0 Å². The molecule has 1 aromatic carbocycles. The van der Waals surface area contributed by atoms with Gasteiger partial charge in [0.2, 0.25) is 0 Å². The Kier molecular flexibility index (Phi) is 3.73. The number of rotatable bonds is 4. The first-order chi connectivity index (χ1) is 6.33. The molecular formula is C10H16N2O. The topological polar surface area (TPSA) is 47.3 Å². The van der Waals surface area contributed by atoms with E-state index in [1.807, 2.05) is 31.3 Å². The monoisotopic (exact) mass is 180 g/mol. The zero-order valence-corrected chi connectivity index (χ0v) is 8.08. The smallest absolute Gasteiger partial charge is 0.123 e. The van der Waals surface area contributed by atoms with Gasteiger partial charge in [-0.3, -0.25) is 0 Å². The molecule has 0 saturated carbocycles. The molecule has 0 saturated heterocycles. The molecule has 0 aliphatic rings. The van der Waals surface area contributed by atoms with Gasteiger partial charge < -0.3 is 15.8 Å². The van der Waals surface area contributed by atoms with E-state index in [2.05, 4.69) is 5.32 Å². The van der Waals surface area contributed by atoms with Crippen LogP contribution in [0, 0.1) is 0 Å². The predicted octanol–water partition coefficient (Wildman–Crippen LogP) is 0.914. The Morgan fingerprint density at radius 3 is 2.69 bits per heavy atom. The van der Waals surface area contributed by atoms with E-state index in [1.165, 1.54) is 0 Å². The molecule has 0 radical (unpaired) electrons. The molecule has 0 spiro atoms. The lowest BCUT2D eigenvalue weighted by Gasteiger charge is -2.16. The van der Waals surface area contributed by atoms with Crippen molar-refractivity contribution in [3.63, 3.8) is 0 Å². The Morgan fingerprint density at radius 1 is 1.46 bits per heavy atom. The molecule has 1 aromatic rings. The Morgan fingerprint density at radius 2 is 2.15 bits per heavy atom. The molecule has 3 nitrogen and oxygen atoms in total. The third kappa shape index (κ3) is 2.20. The average Bonchev–Trinajstić information content (AvgIpc) is 2.20. The second kappa shape index (κ2) is 4.84. The summed E-state index contributed by atoms with van der Waals surface area (Å²) in [6.45, 7) is 0.566. The predicted molar refractivity (Wildman–Crippen MR) is 53.8 cm³/mol. The number of methoxy groups -OCH3 is 1. The maximum Gasteiger partial charge on any atom is 0.123 e. The molecule has 0 unspecified atom stereocenters. The van der Waals surface area contributed by atoms with Crippen LogP contribution in [0.15, 0.2) is 24.3 Å². The van der Waals surface area contributed by atoms with Crippen LogP contribution in [-0.2, 0) is 0 Å². The van der Waals surface area contributed by atoms with Crippen molar-refractivity contribution in [2.45, 2.75) is 6.04 Å². The molecule has 1 atom stereocenters. The lowest BCUT2D eigenvalue weighted by atomic mass is 10.1. The number of likely N-dealkylation sites (N-methyl/N-ethyl adjacent to an activating group) is 1. The standard InChI is InChI=1S/C10H16N2O/c1-12-9(7-11)8-5-3-4-6-10(8)13-2/h3-6,9,12H,7,11H2,1-2H3/t9-/m0/s1. The quantitative estimate of drug-likeness (QED) is 0.724. The summed E-state index contributed by atoms with van der Waals surface area (Å²) >= 11 is 0. The number of nitrogens with two attached hydrogens (primary N) is 1. The van der Waals surface area contributed by atoms with Gasteiger partial charge in [0.15, 0.2) is 0 Å². The van der Waals surface area contributed by atoms with Gasteiger partial charge >= 0.3 is 0 Å². The first-order valence-electron chi connectivity index (χ1n) is 4.33. The van der Waals surface area contributed by atoms with Crippen LogP contribution in [0.3, 0.4) is 0 Å². The van der Waals surface area contributed by atoms with Crippen LogP contribution in [0.5, 0.6) is 5.75 Å². The van der Waals surface area contributed by atoms with Gasteiger partial charge in [-0.05, 0) is 13.1 Å². The van der Waals surface area contributed by atoms with Crippen LogP contribution in [0.25, 0.3) is 0 Å². The summed E-state index contributed by atoms with van der Waals surface area (Å²) in [5, 5.41) is 3.14. The van der Waals surface area contributed by atoms with Crippen molar-refractivity contribution >= 4 is 0 Å². The minimum Gasteiger partial charge on any atom is -0.496 e. The van der Waals surface area contributed by atoms with Crippen molar-refractivity contribution < 1.29 is 4.74 Å². The van der Waals surface area contributed by atoms with Crippen LogP contribution in [0.4, 0.5) is 0 Å². The second-order valence-electron chi connectivity index (χ2n) is 2.82. The van der Waals surface area contributed by atoms with Gasteiger partial charge in [0, 0.05) is 18.2 Å². The molecule has 0 aromatic heterocycles. The highest BCUT2D eigenvalue weighted by molar-refractivity contribution is 5.35. The fraction of sp³-hybridized carbons (Fsp3) is 0.400. The average molecular weight is 180 g/mol. The molecule has 0 fully saturated rings. The third-order valence-corrected chi connectivity index (χ3v) is 2.10. The minimum atomic E-state index is 0.163. The van der Waals surface area contributed by atoms with E-state index in [1.54, 1.807) is 7.11 Å². The van der Waals surface area contributed by atoms with Crippen molar-refractivity contribution in [3.05, 3.63) is 29.8 Å². The van der Waals surface area contributed by atoms with E-state index in [0.717, 1.165) is 11.3 Å². The van der Waals surface area contributed by atoms with Crippen LogP contribution in [0.2, 0.25) is 0 Å². The van der Waals surface area contributed by atoms with Crippen LogP contribution in [0.1, 0.15) is 11.6 Å². The minimum absolute atomic E-state index is 0.163. The van der Waals surface area contributed by atoms with E-state index in [-0.39, 0.29) is 6.04 Å². The molecule has 3 heteroatoms. The van der Waals surface area contributed by atoms with Crippen molar-refractivity contribution in [2.75, 3.05) is 20.7 Å². The highest BCUT2D eigenvalue weighted by Gasteiger charge is 2.10. The SMILES string of the molecule is CN[C@@H](CN)c1ccccc1OC. The highest BCUT2D eigenvalue weighted by Crippen LogP contribution is 2.23. The zero-order valence-electron chi connectivity index (χ0n) is 8.08. The summed E-state index contributed by atoms with van der Waals surface area (Å²) in [5.41, 5.74) is 6.73. The summed E-state index contributed by atoms with van der Waals surface area (Å²) in [4.78, 5) is 0. The van der Waals surface area contributed by atoms with Gasteiger partial charge in [0.25, 0.3) is 0 Å². The van der Waals surface area contributed by atoms with Crippen molar-refractivity contribution in [3.8, 4) is 5.75 Å². The Labute approximate surface area is 78.9 Å². The van der Waals surface area contributed by atoms with Gasteiger partial charge in [0.05, 0.1) is 7.11 Å². The van der Waals surface area contributed by atoms with E-state index in [4.69, 9.17) is 10.5 Å². The normalized spacial score (nSPS) is 12.5. The van der Waals surface area contributed by atoms with Crippen LogP contribution >= 0.6 is 0 Å². The van der Waals surface area contributed by atoms with Gasteiger partial charge in [-0.1, -0.05) is 18.2 Å². The highest BCUT2D eigenvalue weighted by atomic mass is 16.5. The van der Waals surface area contributed by atoms with Crippen molar-refractivity contribution in [2.24, 2.45) is 5.73 Å². The summed E-state index contributed by atoms with van der Waals surface area (Å²) in [7, 11) is 3.56. The third-order valence-electron chi connectivity index (χ3n) is 2.10. The van der Waals surface area contributed by atoms with Gasteiger partial charge in [-0.25, -0.2) is 0 Å². The summed E-state index contributed by atoms with van der Waals surface area (Å²) in [5.74, 6) is 0.882. The number of hydrogen-bond acceptors (Lipinski definition) is 3. The number of para-hydroxylation sites is 1. The summed E-state index contributed by atoms with van der Waals surface area (Å²) < 4.78 is 5.23. The lowest BCUT2D eigenvalue weighted by molar-refractivity contribution is 0.402. The Hall–Kier alpha value is -1.06. The molecule has 13 heavy (non-hydrogen) atoms. The summed E-state index contributed by atoms with van der Waals surface area (Å²) in [6.07, 6.45) is 0. The van der Waals surface area contributed by atoms with Gasteiger partial charge in [0.1, 0.15) is 5.75 Å². The molecule has 0 aliphatic heterocycles. The van der Waals surface area contributed by atoms with Gasteiger partial charge in [-0.2, -0.15) is 0 Å². The van der Waals surface area contributed by atoms with Gasteiger partial charge in [-0.15, -0.1) is 0 Å². The number of hydrogen-bond donors (Lipinski definition) is 2. The zero-order chi connectivity index (χ0) is 9.68. The molecule has 0 heterocycles. The first-order valence-corrected chi connectivity index (χ1v) is 4.33. The first kappa shape index (κ1) is 10.0. The Bertz CT molecular complexity index is 259. The molecule has 0 aliphatic carbocycles. The molecule has 0 bridgehead atoms. The number of nitrogens with one attached hydrogen (secondary N) is 1. The molecule has 0 amide bonds. The largest absolute Gasteiger partial charge is 0.496 e. The van der Waals surface area contributed by atoms with Crippen LogP contribution < -0.4 is 15.8 Å². The van der Waals surface area contributed by atoms with E-state index in [9.17, 15) is 0 Å². The lowest BCUT2D eigenvalue weighted by Crippen LogP contribution is -2.25. The maximum absolute atomic E-state index is 5.62.